The molecule has 0 fully saturated rings. The number of pyridine rings is 2. The highest BCUT2D eigenvalue weighted by Crippen LogP contribution is 2.52. The van der Waals surface area contributed by atoms with Gasteiger partial charge >= 0.3 is 0 Å². The van der Waals surface area contributed by atoms with Crippen molar-refractivity contribution in [3.8, 4) is 51.8 Å². The molecule has 2 atom stereocenters. The third-order valence-corrected chi connectivity index (χ3v) is 30.2. The highest BCUT2D eigenvalue weighted by atomic mass is 32.1. The van der Waals surface area contributed by atoms with Gasteiger partial charge in [-0.05, 0) is 90.0 Å². The summed E-state index contributed by atoms with van der Waals surface area (Å²) in [6.45, 7) is 19.8. The first kappa shape index (κ1) is 54.4. The van der Waals surface area contributed by atoms with Gasteiger partial charge in [0, 0.05) is 88.5 Å². The van der Waals surface area contributed by atoms with E-state index in [1.807, 2.05) is 68.0 Å². The van der Waals surface area contributed by atoms with Gasteiger partial charge in [-0.25, -0.2) is 0 Å². The van der Waals surface area contributed by atoms with Gasteiger partial charge in [0.25, 0.3) is 0 Å². The number of hydrogen-bond acceptors (Lipinski definition) is 16. The first-order valence-corrected chi connectivity index (χ1v) is 37.1. The van der Waals surface area contributed by atoms with E-state index in [1.165, 1.54) is 184 Å². The molecule has 11 heterocycles. The molecule has 17 heteroatoms. The van der Waals surface area contributed by atoms with Crippen molar-refractivity contribution >= 4 is 161 Å². The Kier molecular flexibility index (Phi) is 17.2. The zero-order valence-electron chi connectivity index (χ0n) is 45.6. The van der Waals surface area contributed by atoms with Gasteiger partial charge < -0.3 is 9.80 Å². The van der Waals surface area contributed by atoms with Crippen molar-refractivity contribution in [1.82, 2.24) is 27.5 Å². The second kappa shape index (κ2) is 24.1. The molecular weight excluding hydrogens is 1110 g/mol. The summed E-state index contributed by atoms with van der Waals surface area (Å²) in [5.74, 6) is 1.37. The average Bonchev–Trinajstić information content (AvgIpc) is 4.42. The van der Waals surface area contributed by atoms with Gasteiger partial charge in [-0.1, -0.05) is 119 Å². The van der Waals surface area contributed by atoms with Gasteiger partial charge in [-0.2, -0.15) is 17.5 Å². The number of aromatic nitrogens is 6. The Morgan fingerprint density at radius 2 is 0.895 bits per heavy atom. The lowest BCUT2D eigenvalue weighted by molar-refractivity contribution is 0.469. The summed E-state index contributed by atoms with van der Waals surface area (Å²) in [5.41, 5.74) is 7.95. The summed E-state index contributed by atoms with van der Waals surface area (Å²) < 4.78 is 25.5. The van der Waals surface area contributed by atoms with Crippen LogP contribution < -0.4 is 20.2 Å². The van der Waals surface area contributed by atoms with Crippen LogP contribution in [0.25, 0.3) is 92.6 Å². The maximum atomic E-state index is 5.33. The zero-order chi connectivity index (χ0) is 52.5. The molecule has 0 radical (unpaired) electrons. The van der Waals surface area contributed by atoms with Crippen LogP contribution in [-0.2, 0) is 0 Å². The first-order valence-electron chi connectivity index (χ1n) is 28.3. The molecule has 0 N–H and O–H groups in total. The van der Waals surface area contributed by atoms with E-state index >= 15 is 0 Å². The van der Waals surface area contributed by atoms with Crippen molar-refractivity contribution in [2.75, 3.05) is 36.5 Å². The second-order valence-corrected chi connectivity index (χ2v) is 32.8. The van der Waals surface area contributed by atoms with E-state index in [-0.39, 0.29) is 0 Å². The molecule has 11 rings (SSSR count). The van der Waals surface area contributed by atoms with Crippen LogP contribution in [0.1, 0.15) is 138 Å². The Labute approximate surface area is 483 Å². The number of rotatable bonds is 27. The van der Waals surface area contributed by atoms with Crippen LogP contribution in [0, 0.1) is 11.8 Å². The molecule has 10 aromatic rings. The highest BCUT2D eigenvalue weighted by Gasteiger charge is 2.50. The maximum absolute atomic E-state index is 5.33. The topological polar surface area (TPSA) is 83.8 Å². The van der Waals surface area contributed by atoms with Gasteiger partial charge in [-0.3, -0.25) is 9.97 Å². The Bertz CT molecular complexity index is 3480. The van der Waals surface area contributed by atoms with E-state index in [1.54, 1.807) is 10.4 Å². The highest BCUT2D eigenvalue weighted by molar-refractivity contribution is 7.33. The van der Waals surface area contributed by atoms with Crippen molar-refractivity contribution in [3.05, 3.63) is 48.8 Å². The van der Waals surface area contributed by atoms with Crippen LogP contribution in [0.4, 0.5) is 10.0 Å². The van der Waals surface area contributed by atoms with Crippen LogP contribution in [0.2, 0.25) is 12.1 Å². The molecule has 2 unspecified atom stereocenters. The van der Waals surface area contributed by atoms with Crippen LogP contribution in [0.15, 0.2) is 48.8 Å². The van der Waals surface area contributed by atoms with E-state index in [9.17, 15) is 0 Å². The third kappa shape index (κ3) is 10.4. The van der Waals surface area contributed by atoms with Crippen molar-refractivity contribution in [2.24, 2.45) is 11.8 Å². The standard InChI is InChI=1S/C59H72N8S8Si/c1-9-16-21-36(14-6)34-76(35-37(15-7)22-17-10-2)48-28-40(38-32-60-54(56-52(38)62-74-64-56)46-26-42-44(68-46)30-50(70-42)66(8)23-18-11-3)72-58(48)59-49(76)29-41(73-59)39-33-61-55(57-53(39)63-75-65-57)47-27-43-45(69-47)31-51(71-43)67(24-19-12-4)25-20-13-5/h26-33,36-37H,9-25,34-35H2,1-8H3. The lowest BCUT2D eigenvalue weighted by atomic mass is 10.0. The molecule has 8 nitrogen and oxygen atoms in total. The van der Waals surface area contributed by atoms with Gasteiger partial charge in [0.2, 0.25) is 0 Å². The average molecular weight is 1180 g/mol. The molecule has 0 spiro atoms. The lowest BCUT2D eigenvalue weighted by Crippen LogP contribution is -2.56. The van der Waals surface area contributed by atoms with Crippen LogP contribution in [0.5, 0.6) is 0 Å². The maximum Gasteiger partial charge on any atom is 0.132 e. The predicted octanol–water partition coefficient (Wildman–Crippen LogP) is 19.4. The number of nitrogens with zero attached hydrogens (tertiary/aromatic N) is 8. The SMILES string of the molecule is CCCCC(CC)C[Si]1(CC(CC)CCCC)c2cc(-c3cnc(-c4cc5sc(N(C)CCCC)cc5s4)c4nsnc34)sc2-c2sc(-c3cnc(-c4cc5sc(N(CCCC)CCCC)cc5s4)c4nsnc34)cc21. The summed E-state index contributed by atoms with van der Waals surface area (Å²) in [7, 11) is -0.137. The Morgan fingerprint density at radius 3 is 1.36 bits per heavy atom. The minimum atomic E-state index is -2.36. The van der Waals surface area contributed by atoms with Gasteiger partial charge in [0.1, 0.15) is 41.5 Å². The number of hydrogen-bond donors (Lipinski definition) is 0. The number of thiophene rings is 6. The first-order chi connectivity index (χ1) is 37.2. The zero-order valence-corrected chi connectivity index (χ0v) is 53.1. The summed E-state index contributed by atoms with van der Waals surface area (Å²) in [6, 6.07) is 17.4. The molecule has 1 aliphatic heterocycles. The summed E-state index contributed by atoms with van der Waals surface area (Å²) >= 11 is 14.1. The van der Waals surface area contributed by atoms with E-state index in [0.717, 1.165) is 64.2 Å². The van der Waals surface area contributed by atoms with E-state index in [4.69, 9.17) is 27.5 Å². The van der Waals surface area contributed by atoms with E-state index in [0.29, 0.717) is 11.8 Å². The smallest absolute Gasteiger partial charge is 0.132 e. The fourth-order valence-electron chi connectivity index (χ4n) is 11.7. The molecule has 0 bridgehead atoms. The molecule has 0 aliphatic carbocycles. The number of unbranched alkanes of at least 4 members (excludes halogenated alkanes) is 5. The molecule has 0 saturated carbocycles. The third-order valence-electron chi connectivity index (χ3n) is 16.1. The van der Waals surface area contributed by atoms with Gasteiger partial charge in [-0.15, -0.1) is 68.0 Å². The minimum absolute atomic E-state index is 0.687. The lowest BCUT2D eigenvalue weighted by Gasteiger charge is -2.35. The van der Waals surface area contributed by atoms with E-state index < -0.39 is 8.07 Å². The van der Waals surface area contributed by atoms with Crippen molar-refractivity contribution in [3.63, 3.8) is 0 Å². The second-order valence-electron chi connectivity index (χ2n) is 21.3. The molecule has 400 valence electrons. The van der Waals surface area contributed by atoms with E-state index in [2.05, 4.69) is 114 Å². The Balaban J connectivity index is 0.995. The fraction of sp³-hybridized carbons (Fsp3) is 0.492. The van der Waals surface area contributed by atoms with Gasteiger partial charge in [0.05, 0.1) is 43.2 Å². The normalized spacial score (nSPS) is 15.3. The molecule has 1 aliphatic rings. The van der Waals surface area contributed by atoms with Crippen LogP contribution >= 0.6 is 91.5 Å². The summed E-state index contributed by atoms with van der Waals surface area (Å²) in [4.78, 5) is 23.5. The molecule has 0 amide bonds. The molecule has 10 aromatic heterocycles. The fourth-order valence-corrected chi connectivity index (χ4v) is 28.0. The van der Waals surface area contributed by atoms with Gasteiger partial charge in [0.15, 0.2) is 0 Å². The van der Waals surface area contributed by atoms with Crippen LogP contribution in [0.3, 0.4) is 0 Å². The minimum Gasteiger partial charge on any atom is -0.366 e. The summed E-state index contributed by atoms with van der Waals surface area (Å²) in [5, 5.41) is 6.06. The van der Waals surface area contributed by atoms with Crippen LogP contribution in [-0.4, -0.2) is 62.2 Å². The largest absolute Gasteiger partial charge is 0.366 e. The quantitative estimate of drug-likeness (QED) is 0.0471. The van der Waals surface area contributed by atoms with Crippen molar-refractivity contribution in [2.45, 2.75) is 150 Å². The number of anilines is 2. The van der Waals surface area contributed by atoms with Crippen molar-refractivity contribution in [1.29, 1.82) is 0 Å². The molecule has 0 saturated heterocycles. The van der Waals surface area contributed by atoms with Crippen molar-refractivity contribution < 1.29 is 0 Å². The molecular formula is C59H72N8S8Si. The summed E-state index contributed by atoms with van der Waals surface area (Å²) in [6.07, 6.45) is 21.7. The Hall–Kier alpha value is -3.52. The predicted molar refractivity (Wildman–Crippen MR) is 345 cm³/mol. The monoisotopic (exact) mass is 1180 g/mol. The number of fused-ring (bicyclic) bond motifs is 7. The molecule has 0 aromatic carbocycles. The Morgan fingerprint density at radius 1 is 0.461 bits per heavy atom. The molecule has 76 heavy (non-hydrogen) atoms.